The van der Waals surface area contributed by atoms with Crippen LogP contribution in [0.25, 0.3) is 0 Å². The second-order valence-electron chi connectivity index (χ2n) is 3.91. The van der Waals surface area contributed by atoms with Gasteiger partial charge in [-0.05, 0) is 17.9 Å². The lowest BCUT2D eigenvalue weighted by Crippen LogP contribution is -2.40. The van der Waals surface area contributed by atoms with Crippen molar-refractivity contribution in [2.45, 2.75) is 12.8 Å². The van der Waals surface area contributed by atoms with Crippen LogP contribution in [0.1, 0.15) is 22.5 Å². The van der Waals surface area contributed by atoms with Gasteiger partial charge in [0, 0.05) is 26.1 Å². The van der Waals surface area contributed by atoms with E-state index in [1.807, 2.05) is 5.38 Å². The van der Waals surface area contributed by atoms with E-state index in [1.165, 1.54) is 11.3 Å². The molecule has 0 aliphatic carbocycles. The van der Waals surface area contributed by atoms with Crippen molar-refractivity contribution in [1.29, 1.82) is 0 Å². The minimum atomic E-state index is -0.886. The highest BCUT2D eigenvalue weighted by Gasteiger charge is 2.05. The molecule has 8 heteroatoms. The van der Waals surface area contributed by atoms with Gasteiger partial charge in [0.2, 0.25) is 0 Å². The van der Waals surface area contributed by atoms with E-state index in [1.54, 1.807) is 12.1 Å². The summed E-state index contributed by atoms with van der Waals surface area (Å²) in [6.07, 6.45) is 0.412. The number of hydrogen-bond donors (Lipinski definition) is 4. The Morgan fingerprint density at radius 2 is 1.80 bits per heavy atom. The molecular weight excluding hydrogens is 282 g/mol. The van der Waals surface area contributed by atoms with E-state index in [4.69, 9.17) is 5.11 Å². The van der Waals surface area contributed by atoms with Crippen molar-refractivity contribution in [3.8, 4) is 0 Å². The third-order valence-electron chi connectivity index (χ3n) is 2.29. The first-order chi connectivity index (χ1) is 9.59. The van der Waals surface area contributed by atoms with Crippen molar-refractivity contribution < 1.29 is 19.5 Å². The Labute approximate surface area is 120 Å². The van der Waals surface area contributed by atoms with Crippen LogP contribution in [0.4, 0.5) is 4.79 Å². The van der Waals surface area contributed by atoms with Crippen LogP contribution >= 0.6 is 11.3 Å². The number of nitrogens with one attached hydrogen (secondary N) is 3. The van der Waals surface area contributed by atoms with Crippen molar-refractivity contribution in [3.63, 3.8) is 0 Å². The van der Waals surface area contributed by atoms with Crippen molar-refractivity contribution in [3.05, 3.63) is 22.4 Å². The highest BCUT2D eigenvalue weighted by molar-refractivity contribution is 7.12. The summed E-state index contributed by atoms with van der Waals surface area (Å²) in [4.78, 5) is 33.7. The van der Waals surface area contributed by atoms with Gasteiger partial charge in [-0.1, -0.05) is 6.07 Å². The molecule has 0 saturated heterocycles. The smallest absolute Gasteiger partial charge is 0.314 e. The highest BCUT2D eigenvalue weighted by Crippen LogP contribution is 2.07. The van der Waals surface area contributed by atoms with Gasteiger partial charge in [0.25, 0.3) is 5.91 Å². The predicted molar refractivity (Wildman–Crippen MR) is 74.9 cm³/mol. The number of carbonyl (C=O) groups excluding carboxylic acids is 2. The summed E-state index contributed by atoms with van der Waals surface area (Å²) in [5.74, 6) is -1.05. The molecule has 0 aliphatic heterocycles. The van der Waals surface area contributed by atoms with Gasteiger partial charge in [0.1, 0.15) is 0 Å². The van der Waals surface area contributed by atoms with Crippen LogP contribution in [0, 0.1) is 0 Å². The zero-order chi connectivity index (χ0) is 14.8. The Balaban J connectivity index is 2.02. The van der Waals surface area contributed by atoms with E-state index in [0.717, 1.165) is 0 Å². The van der Waals surface area contributed by atoms with E-state index in [-0.39, 0.29) is 18.4 Å². The first-order valence-electron chi connectivity index (χ1n) is 6.15. The second kappa shape index (κ2) is 8.92. The molecular formula is C12H17N3O4S. The largest absolute Gasteiger partial charge is 0.481 e. The molecule has 0 radical (unpaired) electrons. The van der Waals surface area contributed by atoms with E-state index in [0.29, 0.717) is 30.9 Å². The summed E-state index contributed by atoms with van der Waals surface area (Å²) in [6.45, 7) is 0.945. The maximum atomic E-state index is 11.5. The quantitative estimate of drug-likeness (QED) is 0.528. The molecule has 1 aromatic rings. The molecule has 0 aliphatic rings. The molecule has 0 unspecified atom stereocenters. The molecule has 1 heterocycles. The SMILES string of the molecule is O=C(O)CCCNC(=O)NCCNC(=O)c1cccs1. The summed E-state index contributed by atoms with van der Waals surface area (Å²) >= 11 is 1.35. The topological polar surface area (TPSA) is 108 Å². The fourth-order valence-electron chi connectivity index (χ4n) is 1.35. The lowest BCUT2D eigenvalue weighted by molar-refractivity contribution is -0.137. The number of amides is 3. The normalized spacial score (nSPS) is 9.80. The van der Waals surface area contributed by atoms with Crippen LogP contribution in [0.3, 0.4) is 0 Å². The summed E-state index contributed by atoms with van der Waals surface area (Å²) in [5, 5.41) is 18.0. The molecule has 20 heavy (non-hydrogen) atoms. The van der Waals surface area contributed by atoms with Crippen LogP contribution in [0.2, 0.25) is 0 Å². The number of carboxylic acids is 1. The molecule has 4 N–H and O–H groups in total. The summed E-state index contributed by atoms with van der Waals surface area (Å²) in [5.41, 5.74) is 0. The molecule has 0 fully saturated rings. The molecule has 0 bridgehead atoms. The Hall–Kier alpha value is -2.09. The Morgan fingerprint density at radius 3 is 2.45 bits per heavy atom. The third-order valence-corrected chi connectivity index (χ3v) is 3.16. The lowest BCUT2D eigenvalue weighted by Gasteiger charge is -2.07. The zero-order valence-corrected chi connectivity index (χ0v) is 11.7. The summed E-state index contributed by atoms with van der Waals surface area (Å²) in [6, 6.07) is 3.14. The van der Waals surface area contributed by atoms with E-state index < -0.39 is 5.97 Å². The fraction of sp³-hybridized carbons (Fsp3) is 0.417. The molecule has 0 spiro atoms. The van der Waals surface area contributed by atoms with Crippen LogP contribution in [0.15, 0.2) is 17.5 Å². The van der Waals surface area contributed by atoms with Crippen LogP contribution in [-0.4, -0.2) is 42.6 Å². The van der Waals surface area contributed by atoms with Gasteiger partial charge in [-0.25, -0.2) is 4.79 Å². The first-order valence-corrected chi connectivity index (χ1v) is 7.03. The van der Waals surface area contributed by atoms with E-state index >= 15 is 0 Å². The first kappa shape index (κ1) is 16.0. The van der Waals surface area contributed by atoms with Gasteiger partial charge in [-0.3, -0.25) is 9.59 Å². The van der Waals surface area contributed by atoms with E-state index in [9.17, 15) is 14.4 Å². The standard InChI is InChI=1S/C12H17N3O4S/c16-10(17)4-1-5-14-12(19)15-7-6-13-11(18)9-3-2-8-20-9/h2-3,8H,1,4-7H2,(H,13,18)(H,16,17)(H2,14,15,19). The van der Waals surface area contributed by atoms with Gasteiger partial charge in [-0.2, -0.15) is 0 Å². The van der Waals surface area contributed by atoms with Crippen molar-refractivity contribution in [2.75, 3.05) is 19.6 Å². The maximum Gasteiger partial charge on any atom is 0.314 e. The van der Waals surface area contributed by atoms with Crippen LogP contribution in [0.5, 0.6) is 0 Å². The van der Waals surface area contributed by atoms with Gasteiger partial charge < -0.3 is 21.1 Å². The van der Waals surface area contributed by atoms with Gasteiger partial charge in [0.15, 0.2) is 0 Å². The molecule has 1 aromatic heterocycles. The number of carbonyl (C=O) groups is 3. The molecule has 0 aromatic carbocycles. The van der Waals surface area contributed by atoms with Crippen molar-refractivity contribution >= 4 is 29.2 Å². The Morgan fingerprint density at radius 1 is 1.10 bits per heavy atom. The lowest BCUT2D eigenvalue weighted by atomic mass is 10.3. The van der Waals surface area contributed by atoms with Gasteiger partial charge >= 0.3 is 12.0 Å². The average Bonchev–Trinajstić information content (AvgIpc) is 2.93. The minimum absolute atomic E-state index is 0.0250. The minimum Gasteiger partial charge on any atom is -0.481 e. The summed E-state index contributed by atoms with van der Waals surface area (Å²) in [7, 11) is 0. The molecule has 110 valence electrons. The monoisotopic (exact) mass is 299 g/mol. The Kier molecular flexibility index (Phi) is 7.12. The number of urea groups is 1. The number of carboxylic acid groups (broad SMARTS) is 1. The predicted octanol–water partition coefficient (Wildman–Crippen LogP) is 0.642. The van der Waals surface area contributed by atoms with Crippen LogP contribution in [-0.2, 0) is 4.79 Å². The van der Waals surface area contributed by atoms with Crippen molar-refractivity contribution in [2.24, 2.45) is 0 Å². The molecule has 0 saturated carbocycles. The van der Waals surface area contributed by atoms with Gasteiger partial charge in [0.05, 0.1) is 4.88 Å². The Bertz CT molecular complexity index is 448. The number of aliphatic carboxylic acids is 1. The number of hydrogen-bond acceptors (Lipinski definition) is 4. The maximum absolute atomic E-state index is 11.5. The molecule has 0 atom stereocenters. The number of thiophene rings is 1. The molecule has 1 rings (SSSR count). The second-order valence-corrected chi connectivity index (χ2v) is 4.86. The summed E-state index contributed by atoms with van der Waals surface area (Å²) < 4.78 is 0. The fourth-order valence-corrected chi connectivity index (χ4v) is 1.99. The average molecular weight is 299 g/mol. The molecule has 3 amide bonds. The van der Waals surface area contributed by atoms with Crippen LogP contribution < -0.4 is 16.0 Å². The van der Waals surface area contributed by atoms with E-state index in [2.05, 4.69) is 16.0 Å². The highest BCUT2D eigenvalue weighted by atomic mass is 32.1. The number of rotatable bonds is 8. The molecule has 7 nitrogen and oxygen atoms in total. The third kappa shape index (κ3) is 6.74. The van der Waals surface area contributed by atoms with Gasteiger partial charge in [-0.15, -0.1) is 11.3 Å². The van der Waals surface area contributed by atoms with Crippen molar-refractivity contribution in [1.82, 2.24) is 16.0 Å². The zero-order valence-electron chi connectivity index (χ0n) is 10.8.